The van der Waals surface area contributed by atoms with E-state index in [-0.39, 0.29) is 5.82 Å². The van der Waals surface area contributed by atoms with Crippen LogP contribution >= 0.6 is 0 Å². The summed E-state index contributed by atoms with van der Waals surface area (Å²) in [6.45, 7) is 2.55. The van der Waals surface area contributed by atoms with E-state index < -0.39 is 0 Å². The molecule has 0 saturated heterocycles. The molecule has 0 aliphatic rings. The number of benzene rings is 2. The molecule has 0 amide bonds. The summed E-state index contributed by atoms with van der Waals surface area (Å²) in [5.74, 6) is 1.33. The van der Waals surface area contributed by atoms with Crippen molar-refractivity contribution in [3.63, 3.8) is 0 Å². The third kappa shape index (κ3) is 3.48. The van der Waals surface area contributed by atoms with E-state index in [0.717, 1.165) is 11.1 Å². The highest BCUT2D eigenvalue weighted by atomic mass is 19.1. The van der Waals surface area contributed by atoms with Crippen LogP contribution in [0.5, 0.6) is 17.2 Å². The monoisotopic (exact) mass is 275 g/mol. The molecule has 0 bridgehead atoms. The fraction of sp³-hybridized carbons (Fsp3) is 0.250. The number of aryl methyl sites for hydroxylation is 1. The van der Waals surface area contributed by atoms with Gasteiger partial charge in [-0.2, -0.15) is 0 Å². The first kappa shape index (κ1) is 14.3. The van der Waals surface area contributed by atoms with E-state index in [0.29, 0.717) is 23.8 Å². The van der Waals surface area contributed by atoms with Crippen LogP contribution in [-0.2, 0) is 6.54 Å². The van der Waals surface area contributed by atoms with E-state index in [1.807, 2.05) is 32.2 Å². The molecule has 0 unspecified atom stereocenters. The van der Waals surface area contributed by atoms with Crippen LogP contribution in [0.25, 0.3) is 0 Å². The lowest BCUT2D eigenvalue weighted by Gasteiger charge is -2.12. The van der Waals surface area contributed by atoms with E-state index in [2.05, 4.69) is 5.32 Å². The number of halogens is 1. The second-order valence-electron chi connectivity index (χ2n) is 4.58. The molecule has 0 aromatic heterocycles. The van der Waals surface area contributed by atoms with E-state index in [1.54, 1.807) is 13.2 Å². The van der Waals surface area contributed by atoms with Gasteiger partial charge in [0.25, 0.3) is 0 Å². The molecule has 4 heteroatoms. The summed E-state index contributed by atoms with van der Waals surface area (Å²) >= 11 is 0. The molecule has 0 spiro atoms. The molecule has 0 heterocycles. The molecule has 20 heavy (non-hydrogen) atoms. The molecule has 0 aliphatic heterocycles. The van der Waals surface area contributed by atoms with Gasteiger partial charge in [-0.15, -0.1) is 0 Å². The summed E-state index contributed by atoms with van der Waals surface area (Å²) in [6.07, 6.45) is 0. The smallest absolute Gasteiger partial charge is 0.169 e. The fourth-order valence-electron chi connectivity index (χ4n) is 1.97. The van der Waals surface area contributed by atoms with Crippen LogP contribution in [0.4, 0.5) is 4.39 Å². The highest BCUT2D eigenvalue weighted by Crippen LogP contribution is 2.32. The van der Waals surface area contributed by atoms with Crippen LogP contribution in [0.3, 0.4) is 0 Å². The van der Waals surface area contributed by atoms with Gasteiger partial charge in [-0.05, 0) is 49.4 Å². The first-order valence-electron chi connectivity index (χ1n) is 6.39. The average Bonchev–Trinajstić information content (AvgIpc) is 2.40. The van der Waals surface area contributed by atoms with Gasteiger partial charge in [-0.1, -0.05) is 6.07 Å². The largest absolute Gasteiger partial charge is 0.493 e. The van der Waals surface area contributed by atoms with Crippen LogP contribution in [-0.4, -0.2) is 14.2 Å². The Morgan fingerprint density at radius 3 is 2.60 bits per heavy atom. The summed E-state index contributed by atoms with van der Waals surface area (Å²) in [6, 6.07) is 10.3. The lowest BCUT2D eigenvalue weighted by atomic mass is 10.2. The van der Waals surface area contributed by atoms with E-state index in [9.17, 15) is 4.39 Å². The third-order valence-corrected chi connectivity index (χ3v) is 2.86. The molecule has 2 rings (SSSR count). The second kappa shape index (κ2) is 6.39. The van der Waals surface area contributed by atoms with Crippen molar-refractivity contribution in [3.8, 4) is 17.2 Å². The quantitative estimate of drug-likeness (QED) is 0.903. The topological polar surface area (TPSA) is 30.5 Å². The van der Waals surface area contributed by atoms with Crippen molar-refractivity contribution in [1.29, 1.82) is 0 Å². The highest BCUT2D eigenvalue weighted by Gasteiger charge is 2.08. The summed E-state index contributed by atoms with van der Waals surface area (Å²) in [7, 11) is 3.40. The van der Waals surface area contributed by atoms with Gasteiger partial charge in [0.1, 0.15) is 11.6 Å². The van der Waals surface area contributed by atoms with E-state index in [1.165, 1.54) is 12.1 Å². The SMILES string of the molecule is CNCc1cc(F)cc(Oc2ccc(C)cc2OC)c1. The Labute approximate surface area is 118 Å². The minimum atomic E-state index is -0.321. The van der Waals surface area contributed by atoms with Gasteiger partial charge in [0.05, 0.1) is 7.11 Å². The Kier molecular flexibility index (Phi) is 4.58. The van der Waals surface area contributed by atoms with Crippen molar-refractivity contribution >= 4 is 0 Å². The Balaban J connectivity index is 2.29. The van der Waals surface area contributed by atoms with Gasteiger partial charge in [0, 0.05) is 12.6 Å². The summed E-state index contributed by atoms with van der Waals surface area (Å²) in [5.41, 5.74) is 1.90. The molecule has 106 valence electrons. The standard InChI is InChI=1S/C16H18FNO2/c1-11-4-5-15(16(6-11)19-3)20-14-8-12(10-18-2)7-13(17)9-14/h4-9,18H,10H2,1-3H3. The number of nitrogens with one attached hydrogen (secondary N) is 1. The van der Waals surface area contributed by atoms with Crippen molar-refractivity contribution in [2.75, 3.05) is 14.2 Å². The molecule has 0 aliphatic carbocycles. The molecule has 0 atom stereocenters. The summed E-state index contributed by atoms with van der Waals surface area (Å²) in [5, 5.41) is 2.99. The molecule has 0 saturated carbocycles. The second-order valence-corrected chi connectivity index (χ2v) is 4.58. The Hall–Kier alpha value is -2.07. The zero-order valence-electron chi connectivity index (χ0n) is 11.9. The maximum atomic E-state index is 13.6. The lowest BCUT2D eigenvalue weighted by Crippen LogP contribution is -2.05. The van der Waals surface area contributed by atoms with Gasteiger partial charge in [0.15, 0.2) is 11.5 Å². The van der Waals surface area contributed by atoms with Gasteiger partial charge in [0.2, 0.25) is 0 Å². The Bertz CT molecular complexity index is 599. The highest BCUT2D eigenvalue weighted by molar-refractivity contribution is 5.45. The Morgan fingerprint density at radius 1 is 1.10 bits per heavy atom. The lowest BCUT2D eigenvalue weighted by molar-refractivity contribution is 0.377. The van der Waals surface area contributed by atoms with Crippen LogP contribution in [0, 0.1) is 12.7 Å². The van der Waals surface area contributed by atoms with Gasteiger partial charge in [-0.3, -0.25) is 0 Å². The van der Waals surface area contributed by atoms with Gasteiger partial charge < -0.3 is 14.8 Å². The minimum absolute atomic E-state index is 0.321. The molecule has 1 N–H and O–H groups in total. The predicted octanol–water partition coefficient (Wildman–Crippen LogP) is 3.65. The van der Waals surface area contributed by atoms with Crippen molar-refractivity contribution in [3.05, 3.63) is 53.3 Å². The third-order valence-electron chi connectivity index (χ3n) is 2.86. The van der Waals surface area contributed by atoms with Crippen molar-refractivity contribution in [2.24, 2.45) is 0 Å². The number of methoxy groups -OCH3 is 1. The first-order valence-corrected chi connectivity index (χ1v) is 6.39. The first-order chi connectivity index (χ1) is 9.62. The van der Waals surface area contributed by atoms with Gasteiger partial charge in [-0.25, -0.2) is 4.39 Å². The van der Waals surface area contributed by atoms with E-state index in [4.69, 9.17) is 9.47 Å². The number of hydrogen-bond donors (Lipinski definition) is 1. The predicted molar refractivity (Wildman–Crippen MR) is 77.0 cm³/mol. The normalized spacial score (nSPS) is 10.4. The molecule has 0 radical (unpaired) electrons. The number of hydrogen-bond acceptors (Lipinski definition) is 3. The maximum Gasteiger partial charge on any atom is 0.169 e. The van der Waals surface area contributed by atoms with Gasteiger partial charge >= 0.3 is 0 Å². The van der Waals surface area contributed by atoms with Crippen LogP contribution < -0.4 is 14.8 Å². The molecule has 2 aromatic rings. The van der Waals surface area contributed by atoms with Crippen molar-refractivity contribution in [1.82, 2.24) is 5.32 Å². The molecular weight excluding hydrogens is 257 g/mol. The number of ether oxygens (including phenoxy) is 2. The van der Waals surface area contributed by atoms with Crippen molar-refractivity contribution in [2.45, 2.75) is 13.5 Å². The zero-order chi connectivity index (χ0) is 14.5. The maximum absolute atomic E-state index is 13.6. The van der Waals surface area contributed by atoms with Crippen molar-refractivity contribution < 1.29 is 13.9 Å². The van der Waals surface area contributed by atoms with Crippen LogP contribution in [0.15, 0.2) is 36.4 Å². The van der Waals surface area contributed by atoms with E-state index >= 15 is 0 Å². The molecule has 0 fully saturated rings. The molecule has 2 aromatic carbocycles. The number of rotatable bonds is 5. The summed E-state index contributed by atoms with van der Waals surface area (Å²) < 4.78 is 24.6. The zero-order valence-corrected chi connectivity index (χ0v) is 11.9. The summed E-state index contributed by atoms with van der Waals surface area (Å²) in [4.78, 5) is 0. The van der Waals surface area contributed by atoms with Crippen LogP contribution in [0.2, 0.25) is 0 Å². The van der Waals surface area contributed by atoms with Crippen LogP contribution in [0.1, 0.15) is 11.1 Å². The Morgan fingerprint density at radius 2 is 1.90 bits per heavy atom. The fourth-order valence-corrected chi connectivity index (χ4v) is 1.97. The molecule has 3 nitrogen and oxygen atoms in total. The average molecular weight is 275 g/mol. The minimum Gasteiger partial charge on any atom is -0.493 e. The molecular formula is C16H18FNO2.